The molecule has 7 heteroatoms. The number of hydrogen-bond donors (Lipinski definition) is 1. The van der Waals surface area contributed by atoms with Gasteiger partial charge in [0.1, 0.15) is 11.4 Å². The Morgan fingerprint density at radius 2 is 1.91 bits per heavy atom. The molecule has 0 bridgehead atoms. The molecule has 1 aromatic carbocycles. The van der Waals surface area contributed by atoms with E-state index in [0.717, 1.165) is 0 Å². The second-order valence-corrected chi connectivity index (χ2v) is 4.60. The number of benzene rings is 1. The summed E-state index contributed by atoms with van der Waals surface area (Å²) in [5.41, 5.74) is 0.614. The van der Waals surface area contributed by atoms with Crippen LogP contribution in [0.1, 0.15) is 5.89 Å². The van der Waals surface area contributed by atoms with Crippen LogP contribution >= 0.6 is 0 Å². The standard InChI is InChI=1S/C16H14N4O3/c21-16(22-12-6-2-1-3-7-12)18-11-9-14-19-20-15(23-14)13-8-4-5-10-17-13/h1-8,10H,9,11H2,(H,18,21). The van der Waals surface area contributed by atoms with Crippen LogP contribution in [-0.4, -0.2) is 27.8 Å². The Morgan fingerprint density at radius 3 is 2.70 bits per heavy atom. The van der Waals surface area contributed by atoms with Gasteiger partial charge >= 0.3 is 6.09 Å². The van der Waals surface area contributed by atoms with Crippen molar-refractivity contribution >= 4 is 6.09 Å². The predicted octanol–water partition coefficient (Wildman–Crippen LogP) is 2.46. The van der Waals surface area contributed by atoms with E-state index >= 15 is 0 Å². The van der Waals surface area contributed by atoms with Gasteiger partial charge in [0.15, 0.2) is 0 Å². The molecule has 1 N–H and O–H groups in total. The van der Waals surface area contributed by atoms with Gasteiger partial charge in [-0.25, -0.2) is 4.79 Å². The van der Waals surface area contributed by atoms with Gasteiger partial charge in [-0.1, -0.05) is 24.3 Å². The van der Waals surface area contributed by atoms with Crippen LogP contribution in [0.5, 0.6) is 5.75 Å². The Hall–Kier alpha value is -3.22. The lowest BCUT2D eigenvalue weighted by molar-refractivity contribution is 0.200. The number of carbonyl (C=O) groups is 1. The first-order valence-electron chi connectivity index (χ1n) is 7.06. The lowest BCUT2D eigenvalue weighted by atomic mass is 10.3. The molecule has 0 aliphatic heterocycles. The van der Waals surface area contributed by atoms with Gasteiger partial charge in [0, 0.05) is 19.2 Å². The maximum absolute atomic E-state index is 11.6. The molecule has 1 amide bonds. The van der Waals surface area contributed by atoms with Crippen molar-refractivity contribution in [2.75, 3.05) is 6.54 Å². The summed E-state index contributed by atoms with van der Waals surface area (Å²) >= 11 is 0. The quantitative estimate of drug-likeness (QED) is 0.778. The van der Waals surface area contributed by atoms with Crippen molar-refractivity contribution in [3.05, 3.63) is 60.6 Å². The zero-order chi connectivity index (χ0) is 15.9. The number of nitrogens with one attached hydrogen (secondary N) is 1. The van der Waals surface area contributed by atoms with Crippen molar-refractivity contribution in [1.82, 2.24) is 20.5 Å². The molecule has 116 valence electrons. The molecule has 7 nitrogen and oxygen atoms in total. The first-order valence-corrected chi connectivity index (χ1v) is 7.06. The highest BCUT2D eigenvalue weighted by Crippen LogP contribution is 2.14. The van der Waals surface area contributed by atoms with Crippen LogP contribution in [0, 0.1) is 0 Å². The van der Waals surface area contributed by atoms with Crippen molar-refractivity contribution in [3.63, 3.8) is 0 Å². The van der Waals surface area contributed by atoms with E-state index in [2.05, 4.69) is 20.5 Å². The van der Waals surface area contributed by atoms with Crippen molar-refractivity contribution < 1.29 is 13.9 Å². The fourth-order valence-corrected chi connectivity index (χ4v) is 1.85. The molecule has 23 heavy (non-hydrogen) atoms. The van der Waals surface area contributed by atoms with Gasteiger partial charge in [0.05, 0.1) is 0 Å². The fraction of sp³-hybridized carbons (Fsp3) is 0.125. The van der Waals surface area contributed by atoms with Gasteiger partial charge in [-0.3, -0.25) is 4.98 Å². The molecule has 0 aliphatic rings. The molecule has 0 aliphatic carbocycles. The Morgan fingerprint density at radius 1 is 1.09 bits per heavy atom. The number of amides is 1. The normalized spacial score (nSPS) is 10.3. The Balaban J connectivity index is 1.48. The van der Waals surface area contributed by atoms with Crippen LogP contribution in [0.4, 0.5) is 4.79 Å². The number of para-hydroxylation sites is 1. The minimum absolute atomic E-state index is 0.329. The van der Waals surface area contributed by atoms with Gasteiger partial charge in [0.25, 0.3) is 5.89 Å². The highest BCUT2D eigenvalue weighted by atomic mass is 16.6. The maximum atomic E-state index is 11.6. The number of hydrogen-bond acceptors (Lipinski definition) is 6. The van der Waals surface area contributed by atoms with Gasteiger partial charge in [-0.2, -0.15) is 0 Å². The molecule has 0 saturated carbocycles. The average Bonchev–Trinajstić information content (AvgIpc) is 3.05. The van der Waals surface area contributed by atoms with E-state index in [1.54, 1.807) is 36.5 Å². The largest absolute Gasteiger partial charge is 0.419 e. The molecule has 3 rings (SSSR count). The van der Waals surface area contributed by atoms with E-state index in [-0.39, 0.29) is 0 Å². The lowest BCUT2D eigenvalue weighted by Crippen LogP contribution is -2.28. The number of carbonyl (C=O) groups excluding carboxylic acids is 1. The molecule has 0 spiro atoms. The molecule has 0 atom stereocenters. The average molecular weight is 310 g/mol. The third kappa shape index (κ3) is 4.13. The monoisotopic (exact) mass is 310 g/mol. The number of nitrogens with zero attached hydrogens (tertiary/aromatic N) is 3. The second kappa shape index (κ2) is 7.17. The first kappa shape index (κ1) is 14.7. The number of pyridine rings is 1. The number of rotatable bonds is 5. The molecule has 2 aromatic heterocycles. The lowest BCUT2D eigenvalue weighted by Gasteiger charge is -2.04. The van der Waals surface area contributed by atoms with E-state index < -0.39 is 6.09 Å². The smallest absolute Gasteiger partial charge is 0.412 e. The molecule has 2 heterocycles. The zero-order valence-electron chi connectivity index (χ0n) is 12.2. The van der Waals surface area contributed by atoms with Gasteiger partial charge < -0.3 is 14.5 Å². The molecule has 0 saturated heterocycles. The summed E-state index contributed by atoms with van der Waals surface area (Å²) < 4.78 is 10.6. The van der Waals surface area contributed by atoms with E-state index in [9.17, 15) is 4.79 Å². The van der Waals surface area contributed by atoms with Crippen molar-refractivity contribution in [2.45, 2.75) is 6.42 Å². The van der Waals surface area contributed by atoms with Gasteiger partial charge in [-0.05, 0) is 24.3 Å². The summed E-state index contributed by atoms with van der Waals surface area (Å²) in [6.07, 6.45) is 1.53. The Labute approximate surface area is 132 Å². The molecule has 0 radical (unpaired) electrons. The van der Waals surface area contributed by atoms with E-state index in [4.69, 9.17) is 9.15 Å². The summed E-state index contributed by atoms with van der Waals surface area (Å²) in [4.78, 5) is 15.8. The van der Waals surface area contributed by atoms with Crippen molar-refractivity contribution in [3.8, 4) is 17.3 Å². The SMILES string of the molecule is O=C(NCCc1nnc(-c2ccccn2)o1)Oc1ccccc1. The van der Waals surface area contributed by atoms with Crippen LogP contribution in [-0.2, 0) is 6.42 Å². The predicted molar refractivity (Wildman–Crippen MR) is 81.7 cm³/mol. The van der Waals surface area contributed by atoms with Crippen molar-refractivity contribution in [1.29, 1.82) is 0 Å². The van der Waals surface area contributed by atoms with E-state index in [1.807, 2.05) is 18.2 Å². The van der Waals surface area contributed by atoms with E-state index in [0.29, 0.717) is 36.2 Å². The fourth-order valence-electron chi connectivity index (χ4n) is 1.85. The number of aromatic nitrogens is 3. The Bertz CT molecular complexity index is 759. The van der Waals surface area contributed by atoms with Crippen LogP contribution in [0.15, 0.2) is 59.1 Å². The van der Waals surface area contributed by atoms with E-state index in [1.165, 1.54) is 0 Å². The highest BCUT2D eigenvalue weighted by Gasteiger charge is 2.10. The maximum Gasteiger partial charge on any atom is 0.412 e. The minimum Gasteiger partial charge on any atom is -0.419 e. The minimum atomic E-state index is -0.527. The molecule has 0 fully saturated rings. The first-order chi connectivity index (χ1) is 11.3. The van der Waals surface area contributed by atoms with Crippen molar-refractivity contribution in [2.24, 2.45) is 0 Å². The number of ether oxygens (including phenoxy) is 1. The summed E-state index contributed by atoms with van der Waals surface area (Å²) in [6, 6.07) is 14.3. The third-order valence-electron chi connectivity index (χ3n) is 2.91. The third-order valence-corrected chi connectivity index (χ3v) is 2.91. The van der Waals surface area contributed by atoms with Crippen LogP contribution in [0.25, 0.3) is 11.6 Å². The highest BCUT2D eigenvalue weighted by molar-refractivity contribution is 5.70. The molecular formula is C16H14N4O3. The van der Waals surface area contributed by atoms with Crippen LogP contribution < -0.4 is 10.1 Å². The topological polar surface area (TPSA) is 90.1 Å². The zero-order valence-corrected chi connectivity index (χ0v) is 12.2. The van der Waals surface area contributed by atoms with Gasteiger partial charge in [0.2, 0.25) is 5.89 Å². The summed E-state index contributed by atoms with van der Waals surface area (Å²) in [7, 11) is 0. The second-order valence-electron chi connectivity index (χ2n) is 4.60. The summed E-state index contributed by atoms with van der Waals surface area (Å²) in [6.45, 7) is 0.329. The summed E-state index contributed by atoms with van der Waals surface area (Å²) in [5, 5.41) is 10.5. The van der Waals surface area contributed by atoms with Crippen LogP contribution in [0.3, 0.4) is 0 Å². The Kier molecular flexibility index (Phi) is 4.58. The van der Waals surface area contributed by atoms with Crippen LogP contribution in [0.2, 0.25) is 0 Å². The molecule has 3 aromatic rings. The molecular weight excluding hydrogens is 296 g/mol. The van der Waals surface area contributed by atoms with Gasteiger partial charge in [-0.15, -0.1) is 10.2 Å². The summed E-state index contributed by atoms with van der Waals surface area (Å²) in [5.74, 6) is 1.26. The molecule has 0 unspecified atom stereocenters.